The van der Waals surface area contributed by atoms with Gasteiger partial charge >= 0.3 is 0 Å². The van der Waals surface area contributed by atoms with Crippen LogP contribution in [0.1, 0.15) is 32.1 Å². The summed E-state index contributed by atoms with van der Waals surface area (Å²) < 4.78 is 32.0. The molecule has 1 fully saturated rings. The van der Waals surface area contributed by atoms with Crippen LogP contribution in [0.15, 0.2) is 18.2 Å². The number of nitrogens with one attached hydrogen (secondary N) is 1. The van der Waals surface area contributed by atoms with Crippen LogP contribution in [0.4, 0.5) is 11.4 Å². The van der Waals surface area contributed by atoms with Crippen LogP contribution < -0.4 is 15.2 Å². The van der Waals surface area contributed by atoms with Gasteiger partial charge in [-0.1, -0.05) is 19.3 Å². The third kappa shape index (κ3) is 4.03. The van der Waals surface area contributed by atoms with E-state index < -0.39 is 10.0 Å². The molecule has 0 heterocycles. The second-order valence-corrected chi connectivity index (χ2v) is 7.11. The fourth-order valence-corrected chi connectivity index (χ4v) is 4.18. The molecular weight excluding hydrogens is 276 g/mol. The normalized spacial score (nSPS) is 16.9. The van der Waals surface area contributed by atoms with Gasteiger partial charge in [-0.25, -0.2) is 8.42 Å². The lowest BCUT2D eigenvalue weighted by Gasteiger charge is -2.21. The van der Waals surface area contributed by atoms with Gasteiger partial charge in [0.2, 0.25) is 10.0 Å². The van der Waals surface area contributed by atoms with E-state index in [1.807, 2.05) is 0 Å². The molecule has 20 heavy (non-hydrogen) atoms. The van der Waals surface area contributed by atoms with Gasteiger partial charge in [-0.05, 0) is 30.9 Å². The Morgan fingerprint density at radius 2 is 2.00 bits per heavy atom. The molecule has 6 heteroatoms. The van der Waals surface area contributed by atoms with Crippen LogP contribution in [0.2, 0.25) is 0 Å². The average Bonchev–Trinajstić information content (AvgIpc) is 2.41. The molecule has 1 aliphatic rings. The first kappa shape index (κ1) is 15.0. The van der Waals surface area contributed by atoms with Crippen molar-refractivity contribution >= 4 is 21.4 Å². The fourth-order valence-electron chi connectivity index (χ4n) is 2.66. The molecular formula is C14H22N2O3S. The van der Waals surface area contributed by atoms with E-state index in [0.717, 1.165) is 25.7 Å². The lowest BCUT2D eigenvalue weighted by Crippen LogP contribution is -2.24. The van der Waals surface area contributed by atoms with Crippen molar-refractivity contribution < 1.29 is 13.2 Å². The molecule has 0 atom stereocenters. The van der Waals surface area contributed by atoms with E-state index in [1.165, 1.54) is 13.5 Å². The van der Waals surface area contributed by atoms with Gasteiger partial charge in [-0.2, -0.15) is 0 Å². The lowest BCUT2D eigenvalue weighted by molar-refractivity contribution is 0.385. The van der Waals surface area contributed by atoms with Crippen molar-refractivity contribution in [2.75, 3.05) is 23.3 Å². The van der Waals surface area contributed by atoms with E-state index in [9.17, 15) is 8.42 Å². The molecule has 0 amide bonds. The number of anilines is 2. The molecule has 0 aromatic heterocycles. The summed E-state index contributed by atoms with van der Waals surface area (Å²) in [5.74, 6) is 0.944. The maximum absolute atomic E-state index is 12.2. The largest absolute Gasteiger partial charge is 0.495 e. The van der Waals surface area contributed by atoms with Crippen molar-refractivity contribution in [1.29, 1.82) is 0 Å². The molecule has 1 aromatic rings. The molecule has 1 aromatic carbocycles. The Balaban J connectivity index is 2.03. The van der Waals surface area contributed by atoms with Crippen molar-refractivity contribution in [3.05, 3.63) is 18.2 Å². The summed E-state index contributed by atoms with van der Waals surface area (Å²) in [6, 6.07) is 4.89. The van der Waals surface area contributed by atoms with Crippen LogP contribution >= 0.6 is 0 Å². The highest BCUT2D eigenvalue weighted by molar-refractivity contribution is 7.92. The fraction of sp³-hybridized carbons (Fsp3) is 0.571. The predicted molar refractivity (Wildman–Crippen MR) is 81.4 cm³/mol. The van der Waals surface area contributed by atoms with Gasteiger partial charge in [-0.3, -0.25) is 4.72 Å². The number of sulfonamides is 1. The minimum atomic E-state index is -3.32. The lowest BCUT2D eigenvalue weighted by atomic mass is 9.91. The summed E-state index contributed by atoms with van der Waals surface area (Å²) in [5, 5.41) is 0. The van der Waals surface area contributed by atoms with Gasteiger partial charge in [0.05, 0.1) is 24.2 Å². The summed E-state index contributed by atoms with van der Waals surface area (Å²) in [4.78, 5) is 0. The minimum absolute atomic E-state index is 0.194. The highest BCUT2D eigenvalue weighted by Crippen LogP contribution is 2.28. The first-order chi connectivity index (χ1) is 9.50. The SMILES string of the molecule is COc1cc(NS(=O)(=O)CC2CCCCC2)ccc1N. The Kier molecular flexibility index (Phi) is 4.75. The van der Waals surface area contributed by atoms with Crippen LogP contribution in [-0.2, 0) is 10.0 Å². The Morgan fingerprint density at radius 1 is 1.30 bits per heavy atom. The summed E-state index contributed by atoms with van der Waals surface area (Å²) in [6.45, 7) is 0. The first-order valence-electron chi connectivity index (χ1n) is 6.94. The predicted octanol–water partition coefficient (Wildman–Crippen LogP) is 2.60. The molecule has 1 saturated carbocycles. The number of hydrogen-bond acceptors (Lipinski definition) is 4. The van der Waals surface area contributed by atoms with Gasteiger partial charge in [0.25, 0.3) is 0 Å². The molecule has 1 aliphatic carbocycles. The molecule has 2 rings (SSSR count). The topological polar surface area (TPSA) is 81.4 Å². The second kappa shape index (κ2) is 6.35. The second-order valence-electron chi connectivity index (χ2n) is 5.34. The van der Waals surface area contributed by atoms with Gasteiger partial charge in [-0.15, -0.1) is 0 Å². The number of rotatable bonds is 5. The number of ether oxygens (including phenoxy) is 1. The Labute approximate surface area is 120 Å². The zero-order valence-corrected chi connectivity index (χ0v) is 12.6. The van der Waals surface area contributed by atoms with Crippen LogP contribution in [0, 0.1) is 5.92 Å². The number of nitrogens with two attached hydrogens (primary N) is 1. The van der Waals surface area contributed by atoms with Crippen LogP contribution in [-0.4, -0.2) is 21.3 Å². The van der Waals surface area contributed by atoms with Crippen LogP contribution in [0.5, 0.6) is 5.75 Å². The van der Waals surface area contributed by atoms with Crippen molar-refractivity contribution in [2.24, 2.45) is 5.92 Å². The zero-order chi connectivity index (χ0) is 14.6. The van der Waals surface area contributed by atoms with Crippen molar-refractivity contribution in [3.63, 3.8) is 0 Å². The van der Waals surface area contributed by atoms with Crippen molar-refractivity contribution in [2.45, 2.75) is 32.1 Å². The Morgan fingerprint density at radius 3 is 2.65 bits per heavy atom. The molecule has 5 nitrogen and oxygen atoms in total. The maximum atomic E-state index is 12.2. The van der Waals surface area contributed by atoms with E-state index in [0.29, 0.717) is 17.1 Å². The smallest absolute Gasteiger partial charge is 0.232 e. The summed E-state index contributed by atoms with van der Waals surface area (Å²) >= 11 is 0. The standard InChI is InChI=1S/C14H22N2O3S/c1-19-14-9-12(7-8-13(14)15)16-20(17,18)10-11-5-3-2-4-6-11/h7-9,11,16H,2-6,10,15H2,1H3. The molecule has 0 bridgehead atoms. The molecule has 0 aliphatic heterocycles. The third-order valence-electron chi connectivity index (χ3n) is 3.69. The van der Waals surface area contributed by atoms with E-state index in [-0.39, 0.29) is 11.7 Å². The quantitative estimate of drug-likeness (QED) is 0.819. The summed E-state index contributed by atoms with van der Waals surface area (Å²) in [6.07, 6.45) is 5.50. The van der Waals surface area contributed by atoms with E-state index in [1.54, 1.807) is 18.2 Å². The Hall–Kier alpha value is -1.43. The number of benzene rings is 1. The maximum Gasteiger partial charge on any atom is 0.232 e. The number of hydrogen-bond donors (Lipinski definition) is 2. The van der Waals surface area contributed by atoms with Gasteiger partial charge < -0.3 is 10.5 Å². The highest BCUT2D eigenvalue weighted by atomic mass is 32.2. The summed E-state index contributed by atoms with van der Waals surface area (Å²) in [7, 11) is -1.81. The summed E-state index contributed by atoms with van der Waals surface area (Å²) in [5.41, 5.74) is 6.69. The van der Waals surface area contributed by atoms with Gasteiger partial charge in [0.15, 0.2) is 0 Å². The molecule has 3 N–H and O–H groups in total. The van der Waals surface area contributed by atoms with E-state index in [2.05, 4.69) is 4.72 Å². The van der Waals surface area contributed by atoms with Crippen molar-refractivity contribution in [3.8, 4) is 5.75 Å². The van der Waals surface area contributed by atoms with E-state index >= 15 is 0 Å². The van der Waals surface area contributed by atoms with Crippen molar-refractivity contribution in [1.82, 2.24) is 0 Å². The molecule has 112 valence electrons. The molecule has 0 spiro atoms. The first-order valence-corrected chi connectivity index (χ1v) is 8.59. The molecule has 0 saturated heterocycles. The van der Waals surface area contributed by atoms with Gasteiger partial charge in [0, 0.05) is 6.07 Å². The highest BCUT2D eigenvalue weighted by Gasteiger charge is 2.21. The van der Waals surface area contributed by atoms with Gasteiger partial charge in [0.1, 0.15) is 5.75 Å². The average molecular weight is 298 g/mol. The zero-order valence-electron chi connectivity index (χ0n) is 11.8. The molecule has 0 unspecified atom stereocenters. The number of methoxy groups -OCH3 is 1. The molecule has 0 radical (unpaired) electrons. The van der Waals surface area contributed by atoms with Crippen LogP contribution in [0.3, 0.4) is 0 Å². The third-order valence-corrected chi connectivity index (χ3v) is 5.14. The van der Waals surface area contributed by atoms with E-state index in [4.69, 9.17) is 10.5 Å². The monoisotopic (exact) mass is 298 g/mol. The Bertz CT molecular complexity index is 552. The number of nitrogen functional groups attached to an aromatic ring is 1. The minimum Gasteiger partial charge on any atom is -0.495 e. The van der Waals surface area contributed by atoms with Crippen LogP contribution in [0.25, 0.3) is 0 Å².